The van der Waals surface area contributed by atoms with Crippen LogP contribution in [0.5, 0.6) is 0 Å². The molecule has 0 saturated carbocycles. The number of carbonyl (C=O) groups excluding carboxylic acids is 1. The molecule has 0 unspecified atom stereocenters. The largest absolute Gasteiger partial charge is 0.317 e. The molecule has 6 heteroatoms. The second-order valence-corrected chi connectivity index (χ2v) is 5.95. The van der Waals surface area contributed by atoms with Crippen LogP contribution in [-0.2, 0) is 6.54 Å². The first kappa shape index (κ1) is 15.7. The van der Waals surface area contributed by atoms with E-state index < -0.39 is 11.6 Å². The van der Waals surface area contributed by atoms with Gasteiger partial charge in [-0.15, -0.1) is 0 Å². The number of hydrogen-bond acceptors (Lipinski definition) is 3. The molecule has 3 nitrogen and oxygen atoms in total. The van der Waals surface area contributed by atoms with Gasteiger partial charge in [0.1, 0.15) is 16.7 Å². The van der Waals surface area contributed by atoms with Crippen LogP contribution in [0.2, 0.25) is 0 Å². The molecule has 0 amide bonds. The maximum Gasteiger partial charge on any atom is 0.185 e. The van der Waals surface area contributed by atoms with Crippen LogP contribution in [0.25, 0.3) is 0 Å². The Bertz CT molecular complexity index is 648. The van der Waals surface area contributed by atoms with Gasteiger partial charge < -0.3 is 4.57 Å². The number of hydrogen-bond donors (Lipinski definition) is 0. The number of benzene rings is 1. The van der Waals surface area contributed by atoms with Gasteiger partial charge in [-0.2, -0.15) is 0 Å². The number of aldehydes is 1. The van der Waals surface area contributed by atoms with E-state index in [2.05, 4.69) is 4.98 Å². The molecule has 112 valence electrons. The molecule has 0 aliphatic heterocycles. The SMILES string of the molecule is CCn1c(C=O)nc(C(C)C)c1Sc1cc(F)cc(F)c1. The summed E-state index contributed by atoms with van der Waals surface area (Å²) in [6, 6.07) is 3.37. The summed E-state index contributed by atoms with van der Waals surface area (Å²) >= 11 is 1.22. The van der Waals surface area contributed by atoms with Crippen LogP contribution in [0, 0.1) is 11.6 Å². The molecular formula is C15H16F2N2OS. The van der Waals surface area contributed by atoms with Crippen molar-refractivity contribution in [1.29, 1.82) is 0 Å². The summed E-state index contributed by atoms with van der Waals surface area (Å²) in [5.74, 6) is -0.804. The molecule has 0 radical (unpaired) electrons. The molecule has 2 aromatic rings. The van der Waals surface area contributed by atoms with Crippen LogP contribution in [-0.4, -0.2) is 15.8 Å². The molecular weight excluding hydrogens is 294 g/mol. The monoisotopic (exact) mass is 310 g/mol. The van der Waals surface area contributed by atoms with Crippen molar-refractivity contribution in [1.82, 2.24) is 9.55 Å². The maximum atomic E-state index is 13.3. The molecule has 0 aliphatic rings. The Labute approximate surface area is 126 Å². The molecule has 0 spiro atoms. The summed E-state index contributed by atoms with van der Waals surface area (Å²) in [4.78, 5) is 15.9. The Kier molecular flexibility index (Phi) is 4.77. The zero-order chi connectivity index (χ0) is 15.6. The second-order valence-electron chi connectivity index (χ2n) is 4.88. The van der Waals surface area contributed by atoms with E-state index in [4.69, 9.17) is 0 Å². The smallest absolute Gasteiger partial charge is 0.185 e. The lowest BCUT2D eigenvalue weighted by atomic mass is 10.1. The molecule has 2 rings (SSSR count). The maximum absolute atomic E-state index is 13.3. The fraction of sp³-hybridized carbons (Fsp3) is 0.333. The van der Waals surface area contributed by atoms with E-state index in [1.54, 1.807) is 4.57 Å². The lowest BCUT2D eigenvalue weighted by molar-refractivity contribution is 0.111. The van der Waals surface area contributed by atoms with Crippen LogP contribution >= 0.6 is 11.8 Å². The molecule has 1 heterocycles. The van der Waals surface area contributed by atoms with Crippen molar-refractivity contribution >= 4 is 18.0 Å². The van der Waals surface area contributed by atoms with Gasteiger partial charge in [0.05, 0.1) is 5.69 Å². The van der Waals surface area contributed by atoms with Crippen molar-refractivity contribution in [3.8, 4) is 0 Å². The normalized spacial score (nSPS) is 11.1. The van der Waals surface area contributed by atoms with Crippen molar-refractivity contribution in [2.75, 3.05) is 0 Å². The molecule has 1 aromatic heterocycles. The third kappa shape index (κ3) is 3.32. The Hall–Kier alpha value is -1.69. The molecule has 1 aromatic carbocycles. The van der Waals surface area contributed by atoms with Gasteiger partial charge in [-0.25, -0.2) is 13.8 Å². The first-order valence-electron chi connectivity index (χ1n) is 6.65. The average molecular weight is 310 g/mol. The fourth-order valence-electron chi connectivity index (χ4n) is 2.05. The molecule has 0 fully saturated rings. The van der Waals surface area contributed by atoms with Gasteiger partial charge in [-0.1, -0.05) is 25.6 Å². The number of nitrogens with zero attached hydrogens (tertiary/aromatic N) is 2. The van der Waals surface area contributed by atoms with Gasteiger partial charge in [0, 0.05) is 17.5 Å². The minimum absolute atomic E-state index is 0.109. The Balaban J connectivity index is 2.51. The predicted octanol–water partition coefficient (Wildman–Crippen LogP) is 4.27. The number of carbonyl (C=O) groups is 1. The summed E-state index contributed by atoms with van der Waals surface area (Å²) in [6.07, 6.45) is 0.700. The van der Waals surface area contributed by atoms with Crippen molar-refractivity contribution in [3.63, 3.8) is 0 Å². The standard InChI is InChI=1S/C15H16F2N2OS/c1-4-19-13(8-20)18-14(9(2)3)15(19)21-12-6-10(16)5-11(17)7-12/h5-9H,4H2,1-3H3. The zero-order valence-electron chi connectivity index (χ0n) is 12.1. The fourth-order valence-corrected chi connectivity index (χ4v) is 3.34. The first-order chi connectivity index (χ1) is 9.96. The molecule has 0 saturated heterocycles. The second kappa shape index (κ2) is 6.39. The lowest BCUT2D eigenvalue weighted by Gasteiger charge is -2.10. The minimum atomic E-state index is -0.623. The Morgan fingerprint density at radius 1 is 1.29 bits per heavy atom. The number of halogens is 2. The number of imidazole rings is 1. The highest BCUT2D eigenvalue weighted by Crippen LogP contribution is 2.35. The van der Waals surface area contributed by atoms with E-state index in [1.165, 1.54) is 23.9 Å². The van der Waals surface area contributed by atoms with Crippen LogP contribution < -0.4 is 0 Å². The van der Waals surface area contributed by atoms with Crippen LogP contribution in [0.4, 0.5) is 8.78 Å². The summed E-state index contributed by atoms with van der Waals surface area (Å²) in [7, 11) is 0. The highest BCUT2D eigenvalue weighted by molar-refractivity contribution is 7.99. The predicted molar refractivity (Wildman–Crippen MR) is 77.9 cm³/mol. The summed E-state index contributed by atoms with van der Waals surface area (Å²) in [5, 5.41) is 0.750. The first-order valence-corrected chi connectivity index (χ1v) is 7.47. The van der Waals surface area contributed by atoms with Gasteiger partial charge in [0.25, 0.3) is 0 Å². The molecule has 0 aliphatic carbocycles. The minimum Gasteiger partial charge on any atom is -0.317 e. The Morgan fingerprint density at radius 3 is 2.38 bits per heavy atom. The highest BCUT2D eigenvalue weighted by Gasteiger charge is 2.19. The third-order valence-electron chi connectivity index (χ3n) is 2.99. The highest BCUT2D eigenvalue weighted by atomic mass is 32.2. The summed E-state index contributed by atoms with van der Waals surface area (Å²) in [5.41, 5.74) is 0.758. The van der Waals surface area contributed by atoms with Gasteiger partial charge in [0.2, 0.25) is 0 Å². The molecule has 0 N–H and O–H groups in total. The number of aromatic nitrogens is 2. The molecule has 0 bridgehead atoms. The van der Waals surface area contributed by atoms with Crippen LogP contribution in [0.1, 0.15) is 43.0 Å². The van der Waals surface area contributed by atoms with Crippen LogP contribution in [0.15, 0.2) is 28.1 Å². The van der Waals surface area contributed by atoms with E-state index in [0.717, 1.165) is 16.8 Å². The quantitative estimate of drug-likeness (QED) is 0.774. The van der Waals surface area contributed by atoms with E-state index in [0.29, 0.717) is 23.6 Å². The summed E-state index contributed by atoms with van der Waals surface area (Å²) in [6.45, 7) is 6.39. The van der Waals surface area contributed by atoms with Crippen molar-refractivity contribution in [2.45, 2.75) is 43.2 Å². The summed E-state index contributed by atoms with van der Waals surface area (Å²) < 4.78 is 28.4. The number of rotatable bonds is 5. The lowest BCUT2D eigenvalue weighted by Crippen LogP contribution is -2.02. The van der Waals surface area contributed by atoms with E-state index in [-0.39, 0.29) is 5.92 Å². The third-order valence-corrected chi connectivity index (χ3v) is 4.09. The van der Waals surface area contributed by atoms with E-state index in [9.17, 15) is 13.6 Å². The molecule has 21 heavy (non-hydrogen) atoms. The van der Waals surface area contributed by atoms with Crippen LogP contribution in [0.3, 0.4) is 0 Å². The van der Waals surface area contributed by atoms with Gasteiger partial charge in [0.15, 0.2) is 12.1 Å². The Morgan fingerprint density at radius 2 is 1.90 bits per heavy atom. The van der Waals surface area contributed by atoms with Crippen molar-refractivity contribution < 1.29 is 13.6 Å². The van der Waals surface area contributed by atoms with E-state index in [1.807, 2.05) is 20.8 Å². The van der Waals surface area contributed by atoms with Gasteiger partial charge >= 0.3 is 0 Å². The van der Waals surface area contributed by atoms with Gasteiger partial charge in [-0.3, -0.25) is 4.79 Å². The molecule has 0 atom stereocenters. The average Bonchev–Trinajstić information content (AvgIpc) is 2.75. The zero-order valence-corrected chi connectivity index (χ0v) is 12.9. The topological polar surface area (TPSA) is 34.9 Å². The van der Waals surface area contributed by atoms with Gasteiger partial charge in [-0.05, 0) is 25.0 Å². The van der Waals surface area contributed by atoms with Crippen molar-refractivity contribution in [3.05, 3.63) is 41.4 Å². The van der Waals surface area contributed by atoms with E-state index >= 15 is 0 Å². The van der Waals surface area contributed by atoms with Crippen molar-refractivity contribution in [2.24, 2.45) is 0 Å².